The first-order chi connectivity index (χ1) is 11.2. The van der Waals surface area contributed by atoms with Crippen molar-refractivity contribution in [3.05, 3.63) is 34.4 Å². The van der Waals surface area contributed by atoms with Gasteiger partial charge in [-0.15, -0.1) is 11.3 Å². The Hall–Kier alpha value is -1.30. The Morgan fingerprint density at radius 1 is 1.48 bits per heavy atom. The number of carbonyl (C=O) groups excluding carboxylic acids is 1. The first-order valence-electron chi connectivity index (χ1n) is 8.02. The number of piperidine rings is 1. The third-order valence-electron chi connectivity index (χ3n) is 4.04. The number of thiophene rings is 1. The quantitative estimate of drug-likeness (QED) is 0.865. The highest BCUT2D eigenvalue weighted by Crippen LogP contribution is 2.33. The lowest BCUT2D eigenvalue weighted by Crippen LogP contribution is -2.43. The van der Waals surface area contributed by atoms with Crippen LogP contribution in [0.3, 0.4) is 0 Å². The SMILES string of the molecule is CCCO[C@H]1CCCN(C(=O)c2c[nH]cc2-c2ccc(Cl)s2)C1. The van der Waals surface area contributed by atoms with E-state index in [0.717, 1.165) is 47.2 Å². The van der Waals surface area contributed by atoms with Crippen molar-refractivity contribution in [1.29, 1.82) is 0 Å². The molecule has 1 saturated heterocycles. The summed E-state index contributed by atoms with van der Waals surface area (Å²) < 4.78 is 6.56. The molecule has 0 spiro atoms. The van der Waals surface area contributed by atoms with Crippen LogP contribution in [0.15, 0.2) is 24.5 Å². The van der Waals surface area contributed by atoms with Crippen molar-refractivity contribution in [2.45, 2.75) is 32.3 Å². The van der Waals surface area contributed by atoms with Gasteiger partial charge in [0.2, 0.25) is 0 Å². The van der Waals surface area contributed by atoms with Crippen molar-refractivity contribution in [1.82, 2.24) is 9.88 Å². The van der Waals surface area contributed by atoms with E-state index in [2.05, 4.69) is 11.9 Å². The number of amides is 1. The molecule has 23 heavy (non-hydrogen) atoms. The summed E-state index contributed by atoms with van der Waals surface area (Å²) in [5.41, 5.74) is 1.63. The number of hydrogen-bond acceptors (Lipinski definition) is 3. The maximum Gasteiger partial charge on any atom is 0.256 e. The van der Waals surface area contributed by atoms with E-state index in [9.17, 15) is 4.79 Å². The lowest BCUT2D eigenvalue weighted by molar-refractivity contribution is 0.00214. The van der Waals surface area contributed by atoms with Gasteiger partial charge in [-0.05, 0) is 31.4 Å². The van der Waals surface area contributed by atoms with Crippen molar-refractivity contribution >= 4 is 28.8 Å². The minimum Gasteiger partial charge on any atom is -0.376 e. The second kappa shape index (κ2) is 7.51. The van der Waals surface area contributed by atoms with Gasteiger partial charge in [0, 0.05) is 42.5 Å². The first-order valence-corrected chi connectivity index (χ1v) is 9.22. The molecule has 6 heteroatoms. The molecule has 0 bridgehead atoms. The van der Waals surface area contributed by atoms with Crippen LogP contribution in [0.2, 0.25) is 4.34 Å². The molecule has 4 nitrogen and oxygen atoms in total. The summed E-state index contributed by atoms with van der Waals surface area (Å²) in [6, 6.07) is 3.81. The van der Waals surface area contributed by atoms with Crippen LogP contribution in [-0.4, -0.2) is 41.6 Å². The number of H-pyrrole nitrogens is 1. The molecule has 1 aliphatic heterocycles. The second-order valence-corrected chi connectivity index (χ2v) is 7.49. The van der Waals surface area contributed by atoms with Crippen molar-refractivity contribution in [2.75, 3.05) is 19.7 Å². The topological polar surface area (TPSA) is 45.3 Å². The Morgan fingerprint density at radius 3 is 3.09 bits per heavy atom. The molecule has 1 fully saturated rings. The third-order valence-corrected chi connectivity index (χ3v) is 5.30. The van der Waals surface area contributed by atoms with Gasteiger partial charge in [0.25, 0.3) is 5.91 Å². The van der Waals surface area contributed by atoms with Crippen molar-refractivity contribution < 1.29 is 9.53 Å². The highest BCUT2D eigenvalue weighted by Gasteiger charge is 2.27. The summed E-state index contributed by atoms with van der Waals surface area (Å²) in [5, 5.41) is 0. The normalized spacial score (nSPS) is 18.3. The average molecular weight is 353 g/mol. The van der Waals surface area contributed by atoms with E-state index in [1.54, 1.807) is 6.20 Å². The molecule has 1 atom stereocenters. The van der Waals surface area contributed by atoms with Crippen LogP contribution in [0.4, 0.5) is 0 Å². The zero-order valence-electron chi connectivity index (χ0n) is 13.2. The maximum atomic E-state index is 12.9. The van der Waals surface area contributed by atoms with E-state index in [4.69, 9.17) is 16.3 Å². The van der Waals surface area contributed by atoms with Crippen LogP contribution in [-0.2, 0) is 4.74 Å². The van der Waals surface area contributed by atoms with E-state index in [1.807, 2.05) is 23.2 Å². The van der Waals surface area contributed by atoms with Gasteiger partial charge in [0.15, 0.2) is 0 Å². The van der Waals surface area contributed by atoms with Gasteiger partial charge in [-0.1, -0.05) is 18.5 Å². The monoisotopic (exact) mass is 352 g/mol. The number of nitrogens with one attached hydrogen (secondary N) is 1. The number of rotatable bonds is 5. The van der Waals surface area contributed by atoms with Gasteiger partial charge in [-0.25, -0.2) is 0 Å². The molecular formula is C17H21ClN2O2S. The standard InChI is InChI=1S/C17H21ClN2O2S/c1-2-8-22-12-4-3-7-20(11-12)17(21)14-10-19-9-13(14)15-5-6-16(18)23-15/h5-6,9-10,12,19H,2-4,7-8,11H2,1H3/t12-/m0/s1. The maximum absolute atomic E-state index is 12.9. The molecule has 0 aliphatic carbocycles. The highest BCUT2D eigenvalue weighted by molar-refractivity contribution is 7.19. The minimum absolute atomic E-state index is 0.0653. The molecule has 2 aromatic rings. The summed E-state index contributed by atoms with van der Waals surface area (Å²) in [5.74, 6) is 0.0653. The number of aromatic nitrogens is 1. The molecule has 3 heterocycles. The summed E-state index contributed by atoms with van der Waals surface area (Å²) in [7, 11) is 0. The number of ether oxygens (including phenoxy) is 1. The smallest absolute Gasteiger partial charge is 0.256 e. The second-order valence-electron chi connectivity index (χ2n) is 5.77. The Labute approximate surface area is 145 Å². The van der Waals surface area contributed by atoms with E-state index in [-0.39, 0.29) is 12.0 Å². The first kappa shape index (κ1) is 16.6. The third kappa shape index (κ3) is 3.79. The van der Waals surface area contributed by atoms with Crippen LogP contribution in [0, 0.1) is 0 Å². The fraction of sp³-hybridized carbons (Fsp3) is 0.471. The Balaban J connectivity index is 1.74. The summed E-state index contributed by atoms with van der Waals surface area (Å²) >= 11 is 7.51. The van der Waals surface area contributed by atoms with E-state index in [1.165, 1.54) is 11.3 Å². The molecule has 2 aromatic heterocycles. The molecule has 0 unspecified atom stereocenters. The van der Waals surface area contributed by atoms with E-state index >= 15 is 0 Å². The molecule has 124 valence electrons. The zero-order valence-corrected chi connectivity index (χ0v) is 14.8. The predicted molar refractivity (Wildman–Crippen MR) is 94.3 cm³/mol. The fourth-order valence-electron chi connectivity index (χ4n) is 2.92. The highest BCUT2D eigenvalue weighted by atomic mass is 35.5. The Kier molecular flexibility index (Phi) is 5.41. The fourth-order valence-corrected chi connectivity index (χ4v) is 3.99. The number of carbonyl (C=O) groups is 1. The van der Waals surface area contributed by atoms with Gasteiger partial charge in [0.05, 0.1) is 16.0 Å². The molecule has 3 rings (SSSR count). The van der Waals surface area contributed by atoms with E-state index < -0.39 is 0 Å². The van der Waals surface area contributed by atoms with Crippen LogP contribution in [0.25, 0.3) is 10.4 Å². The van der Waals surface area contributed by atoms with Gasteiger partial charge in [-0.2, -0.15) is 0 Å². The summed E-state index contributed by atoms with van der Waals surface area (Å²) in [4.78, 5) is 18.9. The van der Waals surface area contributed by atoms with Crippen molar-refractivity contribution in [2.24, 2.45) is 0 Å². The molecule has 0 saturated carbocycles. The lowest BCUT2D eigenvalue weighted by Gasteiger charge is -2.32. The molecular weight excluding hydrogens is 332 g/mol. The van der Waals surface area contributed by atoms with E-state index in [0.29, 0.717) is 12.1 Å². The van der Waals surface area contributed by atoms with Crippen molar-refractivity contribution in [3.8, 4) is 10.4 Å². The Morgan fingerprint density at radius 2 is 2.35 bits per heavy atom. The number of aromatic amines is 1. The van der Waals surface area contributed by atoms with Crippen molar-refractivity contribution in [3.63, 3.8) is 0 Å². The molecule has 1 N–H and O–H groups in total. The van der Waals surface area contributed by atoms with Crippen LogP contribution >= 0.6 is 22.9 Å². The average Bonchev–Trinajstić information content (AvgIpc) is 3.21. The van der Waals surface area contributed by atoms with Gasteiger partial charge >= 0.3 is 0 Å². The predicted octanol–water partition coefficient (Wildman–Crippen LogP) is 4.43. The zero-order chi connectivity index (χ0) is 16.2. The van der Waals surface area contributed by atoms with Gasteiger partial charge in [0.1, 0.15) is 0 Å². The van der Waals surface area contributed by atoms with Crippen LogP contribution in [0.1, 0.15) is 36.5 Å². The van der Waals surface area contributed by atoms with Gasteiger partial charge in [-0.3, -0.25) is 4.79 Å². The Bertz CT molecular complexity index is 667. The largest absolute Gasteiger partial charge is 0.376 e. The lowest BCUT2D eigenvalue weighted by atomic mass is 10.1. The number of nitrogens with zero attached hydrogens (tertiary/aromatic N) is 1. The van der Waals surface area contributed by atoms with Crippen LogP contribution in [0.5, 0.6) is 0 Å². The molecule has 1 amide bonds. The number of halogens is 1. The molecule has 0 aromatic carbocycles. The van der Waals surface area contributed by atoms with Crippen LogP contribution < -0.4 is 0 Å². The summed E-state index contributed by atoms with van der Waals surface area (Å²) in [6.07, 6.45) is 6.83. The summed E-state index contributed by atoms with van der Waals surface area (Å²) in [6.45, 7) is 4.33. The molecule has 0 radical (unpaired) electrons. The minimum atomic E-state index is 0.0653. The number of hydrogen-bond donors (Lipinski definition) is 1. The molecule has 1 aliphatic rings. The number of likely N-dealkylation sites (tertiary alicyclic amines) is 1. The van der Waals surface area contributed by atoms with Gasteiger partial charge < -0.3 is 14.6 Å².